The Morgan fingerprint density at radius 2 is 1.35 bits per heavy atom. The third-order valence-electron chi connectivity index (χ3n) is 12.0. The van der Waals surface area contributed by atoms with Gasteiger partial charge in [-0.3, -0.25) is 48.1 Å². The Morgan fingerprint density at radius 3 is 1.98 bits per heavy atom. The molecule has 3 saturated heterocycles. The Labute approximate surface area is 377 Å². The molecule has 360 valence electrons. The van der Waals surface area contributed by atoms with Gasteiger partial charge in [-0.2, -0.15) is 0 Å². The van der Waals surface area contributed by atoms with Gasteiger partial charge in [0.2, 0.25) is 53.2 Å². The largest absolute Gasteiger partial charge is 0.370 e. The standard InChI is InChI=1S/C41H67N15O9/c1-3-23(2)33-39(64)52-27(9-4-5-15-42)40(65)56-18-8-12-30(56)38(63)53-28(19-24-20-46-22-49-24)36(61)50-26(13-14-31(43)57)34(59)48-21-32(58)55-17-7-11-29(55)37(62)51-25(35(60)54-33)10-6-16-47-41(44)45/h20,22-23,25-30,33H,3-19,21,42H2,1-2H3,(H2,43,57)(H,46,49)(H,48,59)(H,50,61)(H,51,62)(H,52,64)(H,53,63)(H,54,60)(H4,44,45,47). The van der Waals surface area contributed by atoms with E-state index in [0.29, 0.717) is 44.3 Å². The van der Waals surface area contributed by atoms with E-state index in [0.717, 1.165) is 0 Å². The van der Waals surface area contributed by atoms with Crippen molar-refractivity contribution in [1.82, 2.24) is 51.7 Å². The van der Waals surface area contributed by atoms with Gasteiger partial charge in [0.05, 0.1) is 12.9 Å². The van der Waals surface area contributed by atoms with E-state index in [-0.39, 0.29) is 77.0 Å². The molecule has 8 atom stereocenters. The Morgan fingerprint density at radius 1 is 0.754 bits per heavy atom. The molecule has 0 aromatic carbocycles. The number of nitrogens with two attached hydrogens (primary N) is 4. The van der Waals surface area contributed by atoms with E-state index in [1.54, 1.807) is 6.92 Å². The van der Waals surface area contributed by atoms with Crippen LogP contribution in [-0.2, 0) is 49.6 Å². The second-order valence-electron chi connectivity index (χ2n) is 16.8. The molecule has 4 heterocycles. The number of rotatable bonds is 15. The molecule has 0 radical (unpaired) electrons. The van der Waals surface area contributed by atoms with Crippen LogP contribution >= 0.6 is 0 Å². The summed E-state index contributed by atoms with van der Waals surface area (Å²) in [4.78, 5) is 138. The number of nitrogens with one attached hydrogen (secondary N) is 7. The number of carbonyl (C=O) groups is 9. The van der Waals surface area contributed by atoms with Crippen LogP contribution in [-0.4, -0.2) is 154 Å². The lowest BCUT2D eigenvalue weighted by Gasteiger charge is -2.32. The fourth-order valence-corrected chi connectivity index (χ4v) is 8.16. The van der Waals surface area contributed by atoms with Crippen LogP contribution in [0, 0.1) is 5.92 Å². The molecular formula is C41H67N15O9. The number of primary amides is 1. The number of H-pyrrole nitrogens is 1. The van der Waals surface area contributed by atoms with Gasteiger partial charge in [0.25, 0.3) is 0 Å². The molecule has 24 nitrogen and oxygen atoms in total. The van der Waals surface area contributed by atoms with Crippen molar-refractivity contribution in [2.24, 2.45) is 33.8 Å². The summed E-state index contributed by atoms with van der Waals surface area (Å²) in [6.07, 6.45) is 5.33. The fraction of sp³-hybridized carbons (Fsp3) is 0.683. The number of imidazole rings is 1. The SMILES string of the molecule is CCC(C)C1NC(=O)C(CCCN=C(N)N)NC(=O)C2CCCN2C(=O)CNC(=O)C(CCC(N)=O)NC(=O)C(Cc2cnc[nH]2)NC(=O)C2CCCN2C(=O)C(CCCCN)NC1=O. The first-order valence-electron chi connectivity index (χ1n) is 22.4. The van der Waals surface area contributed by atoms with Crippen LogP contribution in [0.4, 0.5) is 0 Å². The molecular weight excluding hydrogens is 847 g/mol. The molecule has 9 amide bonds. The van der Waals surface area contributed by atoms with E-state index in [1.165, 1.54) is 22.3 Å². The summed E-state index contributed by atoms with van der Waals surface area (Å²) < 4.78 is 0. The molecule has 1 aromatic heterocycles. The summed E-state index contributed by atoms with van der Waals surface area (Å²) in [6, 6.07) is -8.31. The van der Waals surface area contributed by atoms with E-state index < -0.39 is 108 Å². The smallest absolute Gasteiger partial charge is 0.245 e. The van der Waals surface area contributed by atoms with E-state index in [1.807, 2.05) is 6.92 Å². The normalized spacial score (nSPS) is 26.0. The van der Waals surface area contributed by atoms with Crippen molar-refractivity contribution >= 4 is 59.1 Å². The van der Waals surface area contributed by atoms with E-state index in [2.05, 4.69) is 46.9 Å². The zero-order valence-corrected chi connectivity index (χ0v) is 37.3. The number of amides is 9. The monoisotopic (exact) mass is 914 g/mol. The topological polar surface area (TPSA) is 377 Å². The number of aromatic nitrogens is 2. The molecule has 0 saturated carbocycles. The van der Waals surface area contributed by atoms with Gasteiger partial charge in [-0.05, 0) is 76.7 Å². The summed E-state index contributed by atoms with van der Waals surface area (Å²) in [5.74, 6) is -6.88. The third kappa shape index (κ3) is 15.1. The molecule has 1 aromatic rings. The molecule has 24 heteroatoms. The highest BCUT2D eigenvalue weighted by Gasteiger charge is 2.41. The molecule has 3 aliphatic rings. The maximum atomic E-state index is 14.5. The molecule has 0 aliphatic carbocycles. The zero-order chi connectivity index (χ0) is 47.6. The molecule has 0 bridgehead atoms. The van der Waals surface area contributed by atoms with Crippen molar-refractivity contribution in [3.8, 4) is 0 Å². The number of carbonyl (C=O) groups excluding carboxylic acids is 9. The van der Waals surface area contributed by atoms with Gasteiger partial charge in [-0.25, -0.2) is 4.98 Å². The van der Waals surface area contributed by atoms with Gasteiger partial charge in [-0.1, -0.05) is 20.3 Å². The highest BCUT2D eigenvalue weighted by atomic mass is 16.2. The summed E-state index contributed by atoms with van der Waals surface area (Å²) in [7, 11) is 0. The molecule has 8 unspecified atom stereocenters. The summed E-state index contributed by atoms with van der Waals surface area (Å²) in [5, 5.41) is 16.2. The number of fused-ring (bicyclic) bond motifs is 2. The minimum absolute atomic E-state index is 0.0414. The Kier molecular flexibility index (Phi) is 19.9. The summed E-state index contributed by atoms with van der Waals surface area (Å²) in [5.41, 5.74) is 22.6. The van der Waals surface area contributed by atoms with Crippen LogP contribution < -0.4 is 54.8 Å². The van der Waals surface area contributed by atoms with Crippen molar-refractivity contribution in [2.75, 3.05) is 32.7 Å². The Hall–Kier alpha value is -6.33. The lowest BCUT2D eigenvalue weighted by Crippen LogP contribution is -2.61. The number of hydrogen-bond donors (Lipinski definition) is 11. The highest BCUT2D eigenvalue weighted by Crippen LogP contribution is 2.22. The quantitative estimate of drug-likeness (QED) is 0.0455. The van der Waals surface area contributed by atoms with Gasteiger partial charge in [0, 0.05) is 44.4 Å². The van der Waals surface area contributed by atoms with E-state index >= 15 is 0 Å². The molecule has 4 rings (SSSR count). The Balaban J connectivity index is 1.75. The average Bonchev–Trinajstić information content (AvgIpc) is 4.09. The first-order chi connectivity index (χ1) is 31.0. The molecule has 3 aliphatic heterocycles. The minimum Gasteiger partial charge on any atom is -0.370 e. The van der Waals surface area contributed by atoms with E-state index in [4.69, 9.17) is 22.9 Å². The van der Waals surface area contributed by atoms with Gasteiger partial charge in [-0.15, -0.1) is 0 Å². The van der Waals surface area contributed by atoms with Crippen LogP contribution in [0.15, 0.2) is 17.5 Å². The van der Waals surface area contributed by atoms with Crippen molar-refractivity contribution in [2.45, 2.75) is 140 Å². The molecule has 15 N–H and O–H groups in total. The Bertz CT molecular complexity index is 1870. The van der Waals surface area contributed by atoms with Crippen LogP contribution in [0.1, 0.15) is 96.6 Å². The third-order valence-corrected chi connectivity index (χ3v) is 12.0. The number of aromatic amines is 1. The minimum atomic E-state index is -1.40. The van der Waals surface area contributed by atoms with E-state index in [9.17, 15) is 43.2 Å². The highest BCUT2D eigenvalue weighted by molar-refractivity contribution is 5.99. The maximum absolute atomic E-state index is 14.5. The first kappa shape index (κ1) is 51.3. The second-order valence-corrected chi connectivity index (χ2v) is 16.8. The second kappa shape index (κ2) is 25.2. The van der Waals surface area contributed by atoms with Crippen LogP contribution in [0.5, 0.6) is 0 Å². The molecule has 3 fully saturated rings. The summed E-state index contributed by atoms with van der Waals surface area (Å²) >= 11 is 0. The number of aliphatic imine (C=N–C) groups is 1. The zero-order valence-electron chi connectivity index (χ0n) is 37.3. The van der Waals surface area contributed by atoms with Crippen LogP contribution in [0.2, 0.25) is 0 Å². The van der Waals surface area contributed by atoms with Crippen LogP contribution in [0.25, 0.3) is 0 Å². The predicted molar refractivity (Wildman–Crippen MR) is 235 cm³/mol. The van der Waals surface area contributed by atoms with Crippen molar-refractivity contribution in [1.29, 1.82) is 0 Å². The van der Waals surface area contributed by atoms with Gasteiger partial charge < -0.3 is 69.6 Å². The first-order valence-corrected chi connectivity index (χ1v) is 22.4. The maximum Gasteiger partial charge on any atom is 0.245 e. The van der Waals surface area contributed by atoms with Crippen molar-refractivity contribution in [3.63, 3.8) is 0 Å². The van der Waals surface area contributed by atoms with Gasteiger partial charge in [0.1, 0.15) is 42.3 Å². The van der Waals surface area contributed by atoms with Gasteiger partial charge >= 0.3 is 0 Å². The van der Waals surface area contributed by atoms with Crippen LogP contribution in [0.3, 0.4) is 0 Å². The average molecular weight is 914 g/mol. The number of hydrogen-bond acceptors (Lipinski definition) is 12. The number of guanidine groups is 1. The summed E-state index contributed by atoms with van der Waals surface area (Å²) in [6.45, 7) is 3.77. The molecule has 65 heavy (non-hydrogen) atoms. The van der Waals surface area contributed by atoms with Crippen molar-refractivity contribution < 1.29 is 43.2 Å². The predicted octanol–water partition coefficient (Wildman–Crippen LogP) is -4.02. The lowest BCUT2D eigenvalue weighted by molar-refractivity contribution is -0.143. The lowest BCUT2D eigenvalue weighted by atomic mass is 9.96. The fourth-order valence-electron chi connectivity index (χ4n) is 8.16. The number of nitrogens with zero attached hydrogens (tertiary/aromatic N) is 4. The molecule has 0 spiro atoms. The van der Waals surface area contributed by atoms with Gasteiger partial charge in [0.15, 0.2) is 5.96 Å². The van der Waals surface area contributed by atoms with Crippen molar-refractivity contribution in [3.05, 3.63) is 18.2 Å². The number of unbranched alkanes of at least 4 members (excludes halogenated alkanes) is 1.